The van der Waals surface area contributed by atoms with E-state index in [0.717, 1.165) is 0 Å². The lowest BCUT2D eigenvalue weighted by Gasteiger charge is -2.08. The first-order valence-corrected chi connectivity index (χ1v) is 3.45. The number of aromatic hydroxyl groups is 2. The molecule has 0 heterocycles. The van der Waals surface area contributed by atoms with E-state index in [2.05, 4.69) is 0 Å². The lowest BCUT2D eigenvalue weighted by atomic mass is 10.1. The highest BCUT2D eigenvalue weighted by molar-refractivity contribution is 5.46. The monoisotopic (exact) mass is 170 g/mol. The van der Waals surface area contributed by atoms with Crippen molar-refractivity contribution in [1.82, 2.24) is 0 Å². The maximum atomic E-state index is 9.16. The van der Waals surface area contributed by atoms with E-state index in [0.29, 0.717) is 0 Å². The topological polar surface area (TPSA) is 80.9 Å². The van der Waals surface area contributed by atoms with Gasteiger partial charge in [0.05, 0.1) is 13.2 Å². The molecule has 66 valence electrons. The van der Waals surface area contributed by atoms with Crippen LogP contribution >= 0.6 is 0 Å². The van der Waals surface area contributed by atoms with Crippen molar-refractivity contribution in [3.63, 3.8) is 0 Å². The van der Waals surface area contributed by atoms with Gasteiger partial charge in [-0.05, 0) is 12.1 Å². The second-order valence-electron chi connectivity index (χ2n) is 2.38. The fraction of sp³-hybridized carbons (Fsp3) is 0.250. The Labute approximate surface area is 69.3 Å². The summed E-state index contributed by atoms with van der Waals surface area (Å²) in [5.41, 5.74) is 0.329. The zero-order valence-electron chi connectivity index (χ0n) is 6.36. The predicted molar refractivity (Wildman–Crippen MR) is 41.6 cm³/mol. The zero-order chi connectivity index (χ0) is 9.14. The predicted octanol–water partition coefficient (Wildman–Crippen LogP) is 0.0824. The van der Waals surface area contributed by atoms with Crippen LogP contribution in [0.4, 0.5) is 0 Å². The van der Waals surface area contributed by atoms with Gasteiger partial charge in [0.2, 0.25) is 0 Å². The summed E-state index contributed by atoms with van der Waals surface area (Å²) >= 11 is 0. The number of hydrogen-bond donors (Lipinski definition) is 4. The molecule has 12 heavy (non-hydrogen) atoms. The van der Waals surface area contributed by atoms with Crippen LogP contribution in [-0.4, -0.2) is 20.4 Å². The fourth-order valence-corrected chi connectivity index (χ4v) is 1.02. The second-order valence-corrected chi connectivity index (χ2v) is 2.38. The largest absolute Gasteiger partial charge is 0.508 e. The summed E-state index contributed by atoms with van der Waals surface area (Å²) in [6.07, 6.45) is 0. The first-order chi connectivity index (χ1) is 5.70. The summed E-state index contributed by atoms with van der Waals surface area (Å²) in [6.45, 7) is -0.813. The van der Waals surface area contributed by atoms with Crippen molar-refractivity contribution >= 4 is 0 Å². The summed E-state index contributed by atoms with van der Waals surface area (Å²) < 4.78 is 0. The molecule has 0 spiro atoms. The van der Waals surface area contributed by atoms with E-state index < -0.39 is 13.2 Å². The van der Waals surface area contributed by atoms with Gasteiger partial charge in [0.25, 0.3) is 0 Å². The van der Waals surface area contributed by atoms with Gasteiger partial charge in [0.15, 0.2) is 0 Å². The average Bonchev–Trinajstić information content (AvgIpc) is 2.08. The van der Waals surface area contributed by atoms with Gasteiger partial charge in [-0.15, -0.1) is 0 Å². The van der Waals surface area contributed by atoms with Crippen molar-refractivity contribution in [1.29, 1.82) is 0 Å². The summed E-state index contributed by atoms with van der Waals surface area (Å²) in [7, 11) is 0. The summed E-state index contributed by atoms with van der Waals surface area (Å²) in [5, 5.41) is 35.9. The Balaban J connectivity index is 3.28. The minimum atomic E-state index is -0.407. The van der Waals surface area contributed by atoms with Crippen LogP contribution in [-0.2, 0) is 13.2 Å². The summed E-state index contributed by atoms with van der Waals surface area (Å²) in [6, 6.07) is 2.53. The van der Waals surface area contributed by atoms with Crippen molar-refractivity contribution < 1.29 is 20.4 Å². The number of hydrogen-bond acceptors (Lipinski definition) is 4. The van der Waals surface area contributed by atoms with Gasteiger partial charge in [-0.1, -0.05) is 0 Å². The Hall–Kier alpha value is -1.26. The van der Waals surface area contributed by atoms with Crippen LogP contribution in [0.1, 0.15) is 11.1 Å². The molecule has 0 saturated heterocycles. The maximum Gasteiger partial charge on any atom is 0.121 e. The molecule has 0 bridgehead atoms. The minimum absolute atomic E-state index is 0.126. The van der Waals surface area contributed by atoms with E-state index in [1.807, 2.05) is 0 Å². The molecule has 4 heteroatoms. The standard InChI is InChI=1S/C8H10O4/c9-3-5-6(4-10)8(12)2-1-7(5)11/h1-2,9-12H,3-4H2. The van der Waals surface area contributed by atoms with Gasteiger partial charge in [-0.3, -0.25) is 0 Å². The molecule has 0 fully saturated rings. The van der Waals surface area contributed by atoms with Crippen LogP contribution < -0.4 is 0 Å². The van der Waals surface area contributed by atoms with Crippen molar-refractivity contribution in [3.05, 3.63) is 23.3 Å². The number of phenols is 2. The third-order valence-electron chi connectivity index (χ3n) is 1.70. The SMILES string of the molecule is OCc1c(O)ccc(O)c1CO. The van der Waals surface area contributed by atoms with Gasteiger partial charge >= 0.3 is 0 Å². The Kier molecular flexibility index (Phi) is 2.52. The van der Waals surface area contributed by atoms with Crippen molar-refractivity contribution in [2.45, 2.75) is 13.2 Å². The Morgan fingerprint density at radius 3 is 1.42 bits per heavy atom. The van der Waals surface area contributed by atoms with E-state index in [1.165, 1.54) is 12.1 Å². The van der Waals surface area contributed by atoms with E-state index in [4.69, 9.17) is 20.4 Å². The van der Waals surface area contributed by atoms with Crippen molar-refractivity contribution in [3.8, 4) is 11.5 Å². The molecule has 1 aromatic rings. The molecule has 0 aliphatic carbocycles. The highest BCUT2D eigenvalue weighted by atomic mass is 16.3. The number of aliphatic hydroxyl groups excluding tert-OH is 2. The van der Waals surface area contributed by atoms with Crippen LogP contribution in [0.3, 0.4) is 0 Å². The van der Waals surface area contributed by atoms with Gasteiger partial charge < -0.3 is 20.4 Å². The highest BCUT2D eigenvalue weighted by Gasteiger charge is 2.10. The highest BCUT2D eigenvalue weighted by Crippen LogP contribution is 2.28. The number of rotatable bonds is 2. The molecule has 0 aromatic heterocycles. The van der Waals surface area contributed by atoms with E-state index >= 15 is 0 Å². The van der Waals surface area contributed by atoms with E-state index in [-0.39, 0.29) is 22.6 Å². The van der Waals surface area contributed by atoms with Crippen LogP contribution in [0.5, 0.6) is 11.5 Å². The molecule has 0 aliphatic rings. The molecule has 0 aliphatic heterocycles. The molecular weight excluding hydrogens is 160 g/mol. The first-order valence-electron chi connectivity index (χ1n) is 3.45. The molecule has 0 saturated carbocycles. The Morgan fingerprint density at radius 1 is 0.833 bits per heavy atom. The third kappa shape index (κ3) is 1.34. The van der Waals surface area contributed by atoms with Crippen molar-refractivity contribution in [2.75, 3.05) is 0 Å². The van der Waals surface area contributed by atoms with Gasteiger partial charge in [0.1, 0.15) is 11.5 Å². The Bertz CT molecular complexity index is 254. The smallest absolute Gasteiger partial charge is 0.121 e. The molecule has 0 unspecified atom stereocenters. The average molecular weight is 170 g/mol. The first kappa shape index (κ1) is 8.83. The van der Waals surface area contributed by atoms with Gasteiger partial charge in [0, 0.05) is 11.1 Å². The van der Waals surface area contributed by atoms with Crippen molar-refractivity contribution in [2.24, 2.45) is 0 Å². The molecule has 0 amide bonds. The molecule has 0 atom stereocenters. The molecule has 1 aromatic carbocycles. The third-order valence-corrected chi connectivity index (χ3v) is 1.70. The van der Waals surface area contributed by atoms with Gasteiger partial charge in [-0.2, -0.15) is 0 Å². The number of aliphatic hydroxyl groups is 2. The van der Waals surface area contributed by atoms with Gasteiger partial charge in [-0.25, -0.2) is 0 Å². The lowest BCUT2D eigenvalue weighted by molar-refractivity contribution is 0.250. The zero-order valence-corrected chi connectivity index (χ0v) is 6.36. The molecular formula is C8H10O4. The second kappa shape index (κ2) is 3.42. The molecule has 4 N–H and O–H groups in total. The molecule has 4 nitrogen and oxygen atoms in total. The molecule has 0 radical (unpaired) electrons. The van der Waals surface area contributed by atoms with E-state index in [1.54, 1.807) is 0 Å². The summed E-state index contributed by atoms with van der Waals surface area (Å²) in [4.78, 5) is 0. The van der Waals surface area contributed by atoms with Crippen LogP contribution in [0, 0.1) is 0 Å². The quantitative estimate of drug-likeness (QED) is 0.474. The Morgan fingerprint density at radius 2 is 1.17 bits per heavy atom. The van der Waals surface area contributed by atoms with E-state index in [9.17, 15) is 0 Å². The van der Waals surface area contributed by atoms with Crippen LogP contribution in [0.25, 0.3) is 0 Å². The minimum Gasteiger partial charge on any atom is -0.508 e. The lowest BCUT2D eigenvalue weighted by Crippen LogP contribution is -1.94. The summed E-state index contributed by atoms with van der Waals surface area (Å²) in [5.74, 6) is -0.251. The van der Waals surface area contributed by atoms with Crippen LogP contribution in [0.15, 0.2) is 12.1 Å². The maximum absolute atomic E-state index is 9.16. The normalized spacial score (nSPS) is 10.2. The molecule has 1 rings (SSSR count). The fourth-order valence-electron chi connectivity index (χ4n) is 1.02. The van der Waals surface area contributed by atoms with Crippen LogP contribution in [0.2, 0.25) is 0 Å². The number of benzene rings is 1.